The minimum Gasteiger partial charge on any atom is -0.392 e. The second-order valence-electron chi connectivity index (χ2n) is 4.09. The van der Waals surface area contributed by atoms with E-state index in [0.29, 0.717) is 12.5 Å². The van der Waals surface area contributed by atoms with Crippen LogP contribution in [0.25, 0.3) is 0 Å². The molecule has 0 spiro atoms. The van der Waals surface area contributed by atoms with E-state index in [1.165, 1.54) is 0 Å². The second-order valence-corrected chi connectivity index (χ2v) is 4.09. The molecular weight excluding hydrogens is 168 g/mol. The molecule has 0 bridgehead atoms. The quantitative estimate of drug-likeness (QED) is 0.653. The van der Waals surface area contributed by atoms with E-state index < -0.39 is 6.29 Å². The summed E-state index contributed by atoms with van der Waals surface area (Å²) in [5.41, 5.74) is 0. The summed E-state index contributed by atoms with van der Waals surface area (Å²) in [5.74, 6) is 0.578. The number of hydrogen-bond donors (Lipinski definition) is 2. The number of aliphatic hydroxyl groups excluding tert-OH is 2. The first-order valence-corrected chi connectivity index (χ1v) is 5.09. The van der Waals surface area contributed by atoms with Crippen LogP contribution in [0.15, 0.2) is 0 Å². The number of hydrogen-bond acceptors (Lipinski definition) is 3. The molecule has 1 saturated carbocycles. The summed E-state index contributed by atoms with van der Waals surface area (Å²) in [5, 5.41) is 18.7. The maximum atomic E-state index is 9.79. The van der Waals surface area contributed by atoms with Gasteiger partial charge >= 0.3 is 0 Å². The van der Waals surface area contributed by atoms with Crippen molar-refractivity contribution in [3.63, 3.8) is 0 Å². The van der Waals surface area contributed by atoms with Crippen LogP contribution in [0.1, 0.15) is 33.1 Å². The molecule has 0 aliphatic heterocycles. The van der Waals surface area contributed by atoms with Crippen molar-refractivity contribution < 1.29 is 14.9 Å². The van der Waals surface area contributed by atoms with Crippen LogP contribution in [-0.2, 0) is 4.74 Å². The van der Waals surface area contributed by atoms with E-state index >= 15 is 0 Å². The predicted molar refractivity (Wildman–Crippen MR) is 50.1 cm³/mol. The van der Waals surface area contributed by atoms with Crippen LogP contribution in [0.2, 0.25) is 0 Å². The zero-order valence-corrected chi connectivity index (χ0v) is 8.44. The second kappa shape index (κ2) is 4.94. The van der Waals surface area contributed by atoms with Gasteiger partial charge in [-0.15, -0.1) is 0 Å². The molecule has 0 radical (unpaired) electrons. The van der Waals surface area contributed by atoms with Gasteiger partial charge in [-0.05, 0) is 25.7 Å². The van der Waals surface area contributed by atoms with Gasteiger partial charge in [0, 0.05) is 5.92 Å². The van der Waals surface area contributed by atoms with Gasteiger partial charge < -0.3 is 14.9 Å². The standard InChI is InChI=1S/C10H20O3/c1-7-4-3-5-9(10(7)12)6-13-8(2)11/h7-12H,3-6H2,1-2H3. The molecule has 2 N–H and O–H groups in total. The maximum absolute atomic E-state index is 9.79. The number of ether oxygens (including phenoxy) is 1. The van der Waals surface area contributed by atoms with Gasteiger partial charge in [0.2, 0.25) is 0 Å². The monoisotopic (exact) mass is 188 g/mol. The number of aliphatic hydroxyl groups is 2. The minimum atomic E-state index is -0.718. The molecule has 0 aromatic heterocycles. The van der Waals surface area contributed by atoms with Crippen molar-refractivity contribution in [2.75, 3.05) is 6.61 Å². The van der Waals surface area contributed by atoms with Crippen molar-refractivity contribution >= 4 is 0 Å². The zero-order valence-electron chi connectivity index (χ0n) is 8.44. The van der Waals surface area contributed by atoms with Crippen LogP contribution in [0.4, 0.5) is 0 Å². The van der Waals surface area contributed by atoms with E-state index in [1.807, 2.05) is 0 Å². The molecule has 0 saturated heterocycles. The number of rotatable bonds is 3. The molecule has 1 fully saturated rings. The third-order valence-corrected chi connectivity index (χ3v) is 2.85. The molecule has 3 nitrogen and oxygen atoms in total. The van der Waals surface area contributed by atoms with Gasteiger partial charge in [-0.3, -0.25) is 0 Å². The van der Waals surface area contributed by atoms with Gasteiger partial charge in [0.15, 0.2) is 6.29 Å². The molecule has 1 aliphatic rings. The molecular formula is C10H20O3. The topological polar surface area (TPSA) is 49.7 Å². The van der Waals surface area contributed by atoms with Crippen LogP contribution in [0.5, 0.6) is 0 Å². The van der Waals surface area contributed by atoms with E-state index in [-0.39, 0.29) is 12.0 Å². The van der Waals surface area contributed by atoms with Crippen molar-refractivity contribution in [1.29, 1.82) is 0 Å². The lowest BCUT2D eigenvalue weighted by atomic mass is 9.80. The zero-order chi connectivity index (χ0) is 9.84. The molecule has 4 atom stereocenters. The van der Waals surface area contributed by atoms with Gasteiger partial charge in [-0.1, -0.05) is 13.3 Å². The predicted octanol–water partition coefficient (Wildman–Crippen LogP) is 1.14. The Labute approximate surface area is 79.7 Å². The fraction of sp³-hybridized carbons (Fsp3) is 1.00. The highest BCUT2D eigenvalue weighted by Crippen LogP contribution is 2.29. The summed E-state index contributed by atoms with van der Waals surface area (Å²) < 4.78 is 5.10. The lowest BCUT2D eigenvalue weighted by molar-refractivity contribution is -0.118. The summed E-state index contributed by atoms with van der Waals surface area (Å²) in [6.45, 7) is 4.14. The SMILES string of the molecule is CC(O)OCC1CCCC(C)C1O. The highest BCUT2D eigenvalue weighted by Gasteiger charge is 2.29. The summed E-state index contributed by atoms with van der Waals surface area (Å²) in [7, 11) is 0. The van der Waals surface area contributed by atoms with Gasteiger partial charge in [-0.2, -0.15) is 0 Å². The molecule has 1 aliphatic carbocycles. The Morgan fingerprint density at radius 1 is 1.46 bits per heavy atom. The van der Waals surface area contributed by atoms with Crippen molar-refractivity contribution in [3.05, 3.63) is 0 Å². The smallest absolute Gasteiger partial charge is 0.151 e. The van der Waals surface area contributed by atoms with Crippen LogP contribution in [0.3, 0.4) is 0 Å². The van der Waals surface area contributed by atoms with Crippen LogP contribution in [0, 0.1) is 11.8 Å². The van der Waals surface area contributed by atoms with Gasteiger partial charge in [0.1, 0.15) is 0 Å². The molecule has 1 rings (SSSR count). The van der Waals surface area contributed by atoms with E-state index in [9.17, 15) is 5.11 Å². The van der Waals surface area contributed by atoms with Gasteiger partial charge in [-0.25, -0.2) is 0 Å². The Balaban J connectivity index is 2.31. The lowest BCUT2D eigenvalue weighted by Crippen LogP contribution is -2.35. The third-order valence-electron chi connectivity index (χ3n) is 2.85. The first-order valence-electron chi connectivity index (χ1n) is 5.09. The summed E-state index contributed by atoms with van der Waals surface area (Å²) in [6, 6.07) is 0. The Morgan fingerprint density at radius 2 is 2.15 bits per heavy atom. The Kier molecular flexibility index (Phi) is 4.16. The van der Waals surface area contributed by atoms with E-state index in [0.717, 1.165) is 19.3 Å². The molecule has 3 heteroatoms. The fourth-order valence-electron chi connectivity index (χ4n) is 1.95. The molecule has 0 amide bonds. The summed E-state index contributed by atoms with van der Waals surface area (Å²) >= 11 is 0. The molecule has 4 unspecified atom stereocenters. The molecule has 0 heterocycles. The third kappa shape index (κ3) is 3.25. The normalized spacial score (nSPS) is 37.4. The van der Waals surface area contributed by atoms with Crippen molar-refractivity contribution in [3.8, 4) is 0 Å². The molecule has 13 heavy (non-hydrogen) atoms. The van der Waals surface area contributed by atoms with E-state index in [4.69, 9.17) is 9.84 Å². The average molecular weight is 188 g/mol. The highest BCUT2D eigenvalue weighted by atomic mass is 16.6. The van der Waals surface area contributed by atoms with Crippen molar-refractivity contribution in [1.82, 2.24) is 0 Å². The van der Waals surface area contributed by atoms with Crippen molar-refractivity contribution in [2.24, 2.45) is 11.8 Å². The Bertz CT molecular complexity index is 147. The maximum Gasteiger partial charge on any atom is 0.151 e. The Hall–Kier alpha value is -0.120. The Morgan fingerprint density at radius 3 is 2.77 bits per heavy atom. The average Bonchev–Trinajstić information content (AvgIpc) is 2.07. The molecule has 0 aromatic carbocycles. The molecule has 78 valence electrons. The minimum absolute atomic E-state index is 0.207. The highest BCUT2D eigenvalue weighted by molar-refractivity contribution is 4.79. The van der Waals surface area contributed by atoms with Crippen LogP contribution >= 0.6 is 0 Å². The first kappa shape index (κ1) is 11.0. The summed E-state index contributed by atoms with van der Waals surface area (Å²) in [4.78, 5) is 0. The molecule has 0 aromatic rings. The fourth-order valence-corrected chi connectivity index (χ4v) is 1.95. The lowest BCUT2D eigenvalue weighted by Gasteiger charge is -2.32. The van der Waals surface area contributed by atoms with Crippen molar-refractivity contribution in [2.45, 2.75) is 45.5 Å². The van der Waals surface area contributed by atoms with Crippen LogP contribution < -0.4 is 0 Å². The largest absolute Gasteiger partial charge is 0.392 e. The van der Waals surface area contributed by atoms with E-state index in [2.05, 4.69) is 6.92 Å². The summed E-state index contributed by atoms with van der Waals surface area (Å²) in [6.07, 6.45) is 2.30. The van der Waals surface area contributed by atoms with Crippen LogP contribution in [-0.4, -0.2) is 29.2 Å². The first-order chi connectivity index (χ1) is 6.11. The van der Waals surface area contributed by atoms with Gasteiger partial charge in [0.25, 0.3) is 0 Å². The van der Waals surface area contributed by atoms with Gasteiger partial charge in [0.05, 0.1) is 12.7 Å². The van der Waals surface area contributed by atoms with E-state index in [1.54, 1.807) is 6.92 Å².